The van der Waals surface area contributed by atoms with Crippen LogP contribution >= 0.6 is 0 Å². The largest absolute Gasteiger partial charge is 0.381 e. The lowest BCUT2D eigenvalue weighted by Crippen LogP contribution is -2.24. The molecule has 1 fully saturated rings. The second kappa shape index (κ2) is 9.25. The quantitative estimate of drug-likeness (QED) is 0.489. The molecule has 3 aromatic carbocycles. The molecule has 0 atom stereocenters. The Bertz CT molecular complexity index is 875. The molecular weight excluding hydrogens is 342 g/mol. The van der Waals surface area contributed by atoms with Crippen molar-refractivity contribution < 1.29 is 4.74 Å². The number of fused-ring (bicyclic) bond motifs is 1. The van der Waals surface area contributed by atoms with Crippen LogP contribution in [0.15, 0.2) is 66.7 Å². The monoisotopic (exact) mass is 373 g/mol. The van der Waals surface area contributed by atoms with Crippen molar-refractivity contribution in [2.24, 2.45) is 0 Å². The van der Waals surface area contributed by atoms with E-state index in [4.69, 9.17) is 4.74 Å². The molecule has 0 spiro atoms. The predicted molar refractivity (Wildman–Crippen MR) is 119 cm³/mol. The molecule has 2 nitrogen and oxygen atoms in total. The lowest BCUT2D eigenvalue weighted by atomic mass is 9.91. The smallest absolute Gasteiger partial charge is 0.0471 e. The van der Waals surface area contributed by atoms with Gasteiger partial charge in [0.2, 0.25) is 0 Å². The highest BCUT2D eigenvalue weighted by molar-refractivity contribution is 5.94. The highest BCUT2D eigenvalue weighted by Gasteiger charge is 2.15. The van der Waals surface area contributed by atoms with E-state index in [1.54, 1.807) is 0 Å². The van der Waals surface area contributed by atoms with Gasteiger partial charge < -0.3 is 9.64 Å². The summed E-state index contributed by atoms with van der Waals surface area (Å²) in [6.07, 6.45) is 4.63. The van der Waals surface area contributed by atoms with Crippen LogP contribution in [0, 0.1) is 0 Å². The van der Waals surface area contributed by atoms with Crippen LogP contribution in [0.1, 0.15) is 43.2 Å². The summed E-state index contributed by atoms with van der Waals surface area (Å²) in [6, 6.07) is 24.7. The Morgan fingerprint density at radius 2 is 1.64 bits per heavy atom. The van der Waals surface area contributed by atoms with Gasteiger partial charge in [-0.2, -0.15) is 0 Å². The average Bonchev–Trinajstić information content (AvgIpc) is 2.77. The minimum absolute atomic E-state index is 0.685. The van der Waals surface area contributed by atoms with Crippen molar-refractivity contribution in [2.45, 2.75) is 38.5 Å². The second-order valence-electron chi connectivity index (χ2n) is 7.81. The van der Waals surface area contributed by atoms with E-state index in [1.165, 1.54) is 34.0 Å². The summed E-state index contributed by atoms with van der Waals surface area (Å²) in [6.45, 7) is 6.20. The van der Waals surface area contributed by atoms with Gasteiger partial charge in [0.25, 0.3) is 0 Å². The van der Waals surface area contributed by atoms with Gasteiger partial charge in [-0.25, -0.2) is 0 Å². The van der Waals surface area contributed by atoms with E-state index in [-0.39, 0.29) is 0 Å². The molecule has 3 aromatic rings. The number of ether oxygens (including phenoxy) is 1. The van der Waals surface area contributed by atoms with Gasteiger partial charge >= 0.3 is 0 Å². The molecule has 0 aliphatic carbocycles. The molecule has 28 heavy (non-hydrogen) atoms. The van der Waals surface area contributed by atoms with Gasteiger partial charge in [0.05, 0.1) is 0 Å². The number of rotatable bonds is 7. The number of hydrogen-bond acceptors (Lipinski definition) is 2. The van der Waals surface area contributed by atoms with Crippen LogP contribution in [0.5, 0.6) is 0 Å². The van der Waals surface area contributed by atoms with Gasteiger partial charge in [0, 0.05) is 37.4 Å². The number of nitrogens with zero attached hydrogens (tertiary/aromatic N) is 1. The summed E-state index contributed by atoms with van der Waals surface area (Å²) >= 11 is 0. The van der Waals surface area contributed by atoms with E-state index in [0.29, 0.717) is 5.92 Å². The molecule has 1 aliphatic rings. The van der Waals surface area contributed by atoms with Gasteiger partial charge in [-0.3, -0.25) is 0 Å². The Labute approximate surface area is 169 Å². The predicted octanol–water partition coefficient (Wildman–Crippen LogP) is 6.19. The maximum Gasteiger partial charge on any atom is 0.0471 e. The van der Waals surface area contributed by atoms with Crippen molar-refractivity contribution in [2.75, 3.05) is 31.2 Å². The Balaban J connectivity index is 1.37. The van der Waals surface area contributed by atoms with Crippen LogP contribution < -0.4 is 4.90 Å². The minimum Gasteiger partial charge on any atom is -0.381 e. The molecule has 0 N–H and O–H groups in total. The lowest BCUT2D eigenvalue weighted by molar-refractivity contribution is 0.0853. The Morgan fingerprint density at radius 1 is 0.893 bits per heavy atom. The van der Waals surface area contributed by atoms with Crippen LogP contribution in [-0.2, 0) is 11.2 Å². The van der Waals surface area contributed by atoms with E-state index in [0.717, 1.165) is 45.6 Å². The third kappa shape index (κ3) is 4.39. The van der Waals surface area contributed by atoms with Gasteiger partial charge in [-0.1, -0.05) is 60.7 Å². The maximum atomic E-state index is 5.49. The van der Waals surface area contributed by atoms with Crippen molar-refractivity contribution in [3.63, 3.8) is 0 Å². The van der Waals surface area contributed by atoms with Crippen LogP contribution in [0.2, 0.25) is 0 Å². The lowest BCUT2D eigenvalue weighted by Gasteiger charge is -2.25. The molecule has 146 valence electrons. The molecular formula is C26H31NO. The zero-order valence-corrected chi connectivity index (χ0v) is 16.9. The zero-order valence-electron chi connectivity index (χ0n) is 16.9. The molecule has 1 heterocycles. The average molecular weight is 374 g/mol. The summed E-state index contributed by atoms with van der Waals surface area (Å²) in [5.74, 6) is 0.685. The second-order valence-corrected chi connectivity index (χ2v) is 7.81. The molecule has 1 saturated heterocycles. The first-order chi connectivity index (χ1) is 13.8. The summed E-state index contributed by atoms with van der Waals surface area (Å²) in [5, 5.41) is 2.68. The SMILES string of the molecule is CCN(CCCc1ccc(C2CCOCC2)cc1)c1cccc2ccccc12. The summed E-state index contributed by atoms with van der Waals surface area (Å²) in [7, 11) is 0. The molecule has 0 saturated carbocycles. The zero-order chi connectivity index (χ0) is 19.2. The first kappa shape index (κ1) is 19.0. The summed E-state index contributed by atoms with van der Waals surface area (Å²) in [4.78, 5) is 2.51. The molecule has 0 amide bonds. The van der Waals surface area contributed by atoms with E-state index in [1.807, 2.05) is 0 Å². The van der Waals surface area contributed by atoms with Crippen LogP contribution in [0.25, 0.3) is 10.8 Å². The minimum atomic E-state index is 0.685. The summed E-state index contributed by atoms with van der Waals surface area (Å²) in [5.41, 5.74) is 4.29. The van der Waals surface area contributed by atoms with Gasteiger partial charge in [-0.15, -0.1) is 0 Å². The molecule has 2 heteroatoms. The number of aryl methyl sites for hydroxylation is 1. The standard InChI is InChI=1S/C26H31NO/c1-2-27(26-11-5-9-24-8-3-4-10-25(24)26)18-6-7-21-12-14-22(15-13-21)23-16-19-28-20-17-23/h3-5,8-15,23H,2,6-7,16-20H2,1H3. The third-order valence-electron chi connectivity index (χ3n) is 6.05. The number of benzene rings is 3. The fraction of sp³-hybridized carbons (Fsp3) is 0.385. The fourth-order valence-corrected chi connectivity index (χ4v) is 4.39. The highest BCUT2D eigenvalue weighted by Crippen LogP contribution is 2.28. The van der Waals surface area contributed by atoms with Crippen molar-refractivity contribution in [3.05, 3.63) is 77.9 Å². The highest BCUT2D eigenvalue weighted by atomic mass is 16.5. The number of anilines is 1. The van der Waals surface area contributed by atoms with Gasteiger partial charge in [0.1, 0.15) is 0 Å². The molecule has 0 radical (unpaired) electrons. The first-order valence-corrected chi connectivity index (χ1v) is 10.7. The Morgan fingerprint density at radius 3 is 2.43 bits per heavy atom. The van der Waals surface area contributed by atoms with E-state index in [9.17, 15) is 0 Å². The Hall–Kier alpha value is -2.32. The van der Waals surface area contributed by atoms with Crippen molar-refractivity contribution in [1.29, 1.82) is 0 Å². The molecule has 4 rings (SSSR count). The maximum absolute atomic E-state index is 5.49. The topological polar surface area (TPSA) is 12.5 Å². The Kier molecular flexibility index (Phi) is 6.28. The van der Waals surface area contributed by atoms with Crippen molar-refractivity contribution in [3.8, 4) is 0 Å². The van der Waals surface area contributed by atoms with Crippen molar-refractivity contribution >= 4 is 16.5 Å². The van der Waals surface area contributed by atoms with Crippen LogP contribution in [0.3, 0.4) is 0 Å². The van der Waals surface area contributed by atoms with Gasteiger partial charge in [0.15, 0.2) is 0 Å². The molecule has 0 unspecified atom stereocenters. The normalized spacial score (nSPS) is 15.0. The summed E-state index contributed by atoms with van der Waals surface area (Å²) < 4.78 is 5.49. The molecule has 0 bridgehead atoms. The van der Waals surface area contributed by atoms with Crippen molar-refractivity contribution in [1.82, 2.24) is 0 Å². The molecule has 0 aromatic heterocycles. The third-order valence-corrected chi connectivity index (χ3v) is 6.05. The first-order valence-electron chi connectivity index (χ1n) is 10.7. The number of hydrogen-bond donors (Lipinski definition) is 0. The molecule has 1 aliphatic heterocycles. The van der Waals surface area contributed by atoms with E-state index >= 15 is 0 Å². The van der Waals surface area contributed by atoms with E-state index in [2.05, 4.69) is 78.6 Å². The fourth-order valence-electron chi connectivity index (χ4n) is 4.39. The van der Waals surface area contributed by atoms with Crippen LogP contribution in [-0.4, -0.2) is 26.3 Å². The van der Waals surface area contributed by atoms with E-state index < -0.39 is 0 Å². The van der Waals surface area contributed by atoms with Crippen LogP contribution in [0.4, 0.5) is 5.69 Å². The van der Waals surface area contributed by atoms with Gasteiger partial charge in [-0.05, 0) is 61.1 Å².